The molecule has 0 unspecified atom stereocenters. The molecule has 0 aliphatic rings. The molecule has 2 heterocycles. The topological polar surface area (TPSA) is 91.3 Å². The van der Waals surface area contributed by atoms with Gasteiger partial charge in [-0.25, -0.2) is 9.78 Å². The average molecular weight is 439 g/mol. The molecule has 0 bridgehead atoms. The lowest BCUT2D eigenvalue weighted by Crippen LogP contribution is -2.37. The van der Waals surface area contributed by atoms with Gasteiger partial charge >= 0.3 is 5.69 Å². The zero-order valence-corrected chi connectivity index (χ0v) is 18.0. The summed E-state index contributed by atoms with van der Waals surface area (Å²) in [7, 11) is 4.66. The SMILES string of the molecule is COc1ccc(CCn2c(SC[C@@H](O)CCl)nc3c2c(=O)n(C)c(=O)n3C)cc1. The molecule has 10 heteroatoms. The van der Waals surface area contributed by atoms with Crippen LogP contribution in [0.25, 0.3) is 11.2 Å². The number of aliphatic hydroxyl groups excluding tert-OH is 1. The standard InChI is InChI=1S/C19H23ClN4O4S/c1-22-16-15(17(26)23(2)19(22)27)24(18(21-16)29-11-13(25)10-20)9-8-12-4-6-14(28-3)7-5-12/h4-7,13,25H,8-11H2,1-3H3/t13-/m0/s1. The van der Waals surface area contributed by atoms with Crippen LogP contribution in [0.5, 0.6) is 5.75 Å². The van der Waals surface area contributed by atoms with Crippen LogP contribution in [0.2, 0.25) is 0 Å². The van der Waals surface area contributed by atoms with Crippen molar-refractivity contribution in [2.24, 2.45) is 14.1 Å². The first-order chi connectivity index (χ1) is 13.9. The van der Waals surface area contributed by atoms with Crippen LogP contribution in [-0.2, 0) is 27.1 Å². The third-order valence-corrected chi connectivity index (χ3v) is 6.16. The molecule has 0 fully saturated rings. The molecular weight excluding hydrogens is 416 g/mol. The van der Waals surface area contributed by atoms with Crippen LogP contribution in [-0.4, -0.2) is 48.6 Å². The molecule has 29 heavy (non-hydrogen) atoms. The van der Waals surface area contributed by atoms with Crippen LogP contribution < -0.4 is 16.0 Å². The number of rotatable bonds is 8. The zero-order chi connectivity index (χ0) is 21.1. The summed E-state index contributed by atoms with van der Waals surface area (Å²) >= 11 is 7.00. The van der Waals surface area contributed by atoms with E-state index in [1.807, 2.05) is 28.8 Å². The molecule has 156 valence electrons. The predicted octanol–water partition coefficient (Wildman–Crippen LogP) is 1.38. The molecule has 0 amide bonds. The Morgan fingerprint density at radius 1 is 1.21 bits per heavy atom. The van der Waals surface area contributed by atoms with Gasteiger partial charge in [-0.2, -0.15) is 0 Å². The van der Waals surface area contributed by atoms with Crippen molar-refractivity contribution >= 4 is 34.5 Å². The molecule has 1 atom stereocenters. The lowest BCUT2D eigenvalue weighted by molar-refractivity contribution is 0.223. The highest BCUT2D eigenvalue weighted by Crippen LogP contribution is 2.23. The Kier molecular flexibility index (Phi) is 6.71. The number of aromatic nitrogens is 4. The van der Waals surface area contributed by atoms with E-state index in [0.29, 0.717) is 35.0 Å². The molecule has 0 radical (unpaired) electrons. The van der Waals surface area contributed by atoms with E-state index < -0.39 is 17.4 Å². The van der Waals surface area contributed by atoms with Gasteiger partial charge in [0.2, 0.25) is 0 Å². The van der Waals surface area contributed by atoms with Gasteiger partial charge in [-0.3, -0.25) is 13.9 Å². The van der Waals surface area contributed by atoms with Crippen molar-refractivity contribution in [2.75, 3.05) is 18.7 Å². The van der Waals surface area contributed by atoms with Crippen LogP contribution in [0, 0.1) is 0 Å². The van der Waals surface area contributed by atoms with Crippen molar-refractivity contribution in [1.29, 1.82) is 0 Å². The van der Waals surface area contributed by atoms with Gasteiger partial charge in [0, 0.05) is 32.3 Å². The lowest BCUT2D eigenvalue weighted by atomic mass is 10.1. The quantitative estimate of drug-likeness (QED) is 0.422. The largest absolute Gasteiger partial charge is 0.497 e. The highest BCUT2D eigenvalue weighted by Gasteiger charge is 2.20. The van der Waals surface area contributed by atoms with Gasteiger partial charge in [-0.1, -0.05) is 23.9 Å². The molecular formula is C19H23ClN4O4S. The summed E-state index contributed by atoms with van der Waals surface area (Å²) in [5, 5.41) is 10.4. The van der Waals surface area contributed by atoms with Crippen molar-refractivity contribution in [3.63, 3.8) is 0 Å². The predicted molar refractivity (Wildman–Crippen MR) is 114 cm³/mol. The number of hydrogen-bond acceptors (Lipinski definition) is 6. The monoisotopic (exact) mass is 438 g/mol. The maximum atomic E-state index is 12.8. The number of methoxy groups -OCH3 is 1. The average Bonchev–Trinajstić information content (AvgIpc) is 3.11. The minimum Gasteiger partial charge on any atom is -0.497 e. The number of benzene rings is 1. The van der Waals surface area contributed by atoms with Crippen LogP contribution in [0.3, 0.4) is 0 Å². The number of alkyl halides is 1. The number of hydrogen-bond donors (Lipinski definition) is 1. The van der Waals surface area contributed by atoms with Crippen LogP contribution in [0.15, 0.2) is 39.0 Å². The Balaban J connectivity index is 2.03. The molecule has 1 N–H and O–H groups in total. The summed E-state index contributed by atoms with van der Waals surface area (Å²) in [5.41, 5.74) is 0.947. The van der Waals surface area contributed by atoms with E-state index in [2.05, 4.69) is 4.98 Å². The van der Waals surface area contributed by atoms with Gasteiger partial charge in [0.1, 0.15) is 5.75 Å². The summed E-state index contributed by atoms with van der Waals surface area (Å²) in [6, 6.07) is 7.71. The number of fused-ring (bicyclic) bond motifs is 1. The van der Waals surface area contributed by atoms with Gasteiger partial charge in [0.05, 0.1) is 13.2 Å². The first kappa shape index (κ1) is 21.5. The molecule has 0 saturated heterocycles. The maximum Gasteiger partial charge on any atom is 0.332 e. The first-order valence-electron chi connectivity index (χ1n) is 9.03. The highest BCUT2D eigenvalue weighted by atomic mass is 35.5. The van der Waals surface area contributed by atoms with Crippen LogP contribution in [0.1, 0.15) is 5.56 Å². The summed E-state index contributed by atoms with van der Waals surface area (Å²) in [6.45, 7) is 0.496. The van der Waals surface area contributed by atoms with Crippen LogP contribution >= 0.6 is 23.4 Å². The van der Waals surface area contributed by atoms with Gasteiger partial charge in [0.15, 0.2) is 16.3 Å². The summed E-state index contributed by atoms with van der Waals surface area (Å²) in [6.07, 6.45) is -0.0317. The first-order valence-corrected chi connectivity index (χ1v) is 10.5. The fourth-order valence-corrected chi connectivity index (χ4v) is 4.18. The fraction of sp³-hybridized carbons (Fsp3) is 0.421. The van der Waals surface area contributed by atoms with E-state index >= 15 is 0 Å². The van der Waals surface area contributed by atoms with E-state index in [1.54, 1.807) is 14.2 Å². The number of halogens is 1. The number of ether oxygens (including phenoxy) is 1. The second-order valence-electron chi connectivity index (χ2n) is 6.64. The van der Waals surface area contributed by atoms with Crippen molar-refractivity contribution in [2.45, 2.75) is 24.2 Å². The molecule has 0 spiro atoms. The Bertz CT molecular complexity index is 1120. The van der Waals surface area contributed by atoms with Crippen molar-refractivity contribution in [3.05, 3.63) is 50.7 Å². The van der Waals surface area contributed by atoms with Crippen LogP contribution in [0.4, 0.5) is 0 Å². The number of aliphatic hydroxyl groups is 1. The molecule has 0 aliphatic heterocycles. The van der Waals surface area contributed by atoms with E-state index in [9.17, 15) is 14.7 Å². The molecule has 0 saturated carbocycles. The summed E-state index contributed by atoms with van der Waals surface area (Å²) in [4.78, 5) is 29.6. The van der Waals surface area contributed by atoms with Gasteiger partial charge in [-0.15, -0.1) is 11.6 Å². The summed E-state index contributed by atoms with van der Waals surface area (Å²) in [5.74, 6) is 1.22. The van der Waals surface area contributed by atoms with Crippen molar-refractivity contribution in [3.8, 4) is 5.75 Å². The number of nitrogens with zero attached hydrogens (tertiary/aromatic N) is 4. The molecule has 2 aromatic heterocycles. The minimum absolute atomic E-state index is 0.110. The number of imidazole rings is 1. The molecule has 3 aromatic rings. The zero-order valence-electron chi connectivity index (χ0n) is 16.5. The Morgan fingerprint density at radius 3 is 2.52 bits per heavy atom. The Labute approximate surface area is 176 Å². The maximum absolute atomic E-state index is 12.8. The van der Waals surface area contributed by atoms with Gasteiger partial charge < -0.3 is 14.4 Å². The number of thioether (sulfide) groups is 1. The van der Waals surface area contributed by atoms with Gasteiger partial charge in [-0.05, 0) is 24.1 Å². The molecule has 8 nitrogen and oxygen atoms in total. The summed E-state index contributed by atoms with van der Waals surface area (Å²) < 4.78 is 9.44. The van der Waals surface area contributed by atoms with E-state index in [0.717, 1.165) is 15.9 Å². The third-order valence-electron chi connectivity index (χ3n) is 4.68. The third kappa shape index (κ3) is 4.36. The molecule has 1 aromatic carbocycles. The van der Waals surface area contributed by atoms with Crippen molar-refractivity contribution < 1.29 is 9.84 Å². The van der Waals surface area contributed by atoms with Crippen molar-refractivity contribution in [1.82, 2.24) is 18.7 Å². The molecule has 3 rings (SSSR count). The van der Waals surface area contributed by atoms with Gasteiger partial charge in [0.25, 0.3) is 5.56 Å². The van der Waals surface area contributed by atoms with E-state index in [-0.39, 0.29) is 5.88 Å². The Hall–Kier alpha value is -2.23. The second kappa shape index (κ2) is 9.06. The normalized spacial score (nSPS) is 12.4. The van der Waals surface area contributed by atoms with E-state index in [4.69, 9.17) is 16.3 Å². The highest BCUT2D eigenvalue weighted by molar-refractivity contribution is 7.99. The minimum atomic E-state index is -0.692. The smallest absolute Gasteiger partial charge is 0.332 e. The molecule has 0 aliphatic carbocycles. The Morgan fingerprint density at radius 2 is 1.90 bits per heavy atom. The second-order valence-corrected chi connectivity index (χ2v) is 7.94. The van der Waals surface area contributed by atoms with E-state index in [1.165, 1.54) is 23.4 Å². The number of aryl methyl sites for hydroxylation is 3. The lowest BCUT2D eigenvalue weighted by Gasteiger charge is -2.11. The fourth-order valence-electron chi connectivity index (χ4n) is 2.99.